The highest BCUT2D eigenvalue weighted by Gasteiger charge is 2.07. The van der Waals surface area contributed by atoms with E-state index in [1.807, 2.05) is 13.0 Å². The molecular formula is C12H12NO2. The van der Waals surface area contributed by atoms with Crippen LogP contribution in [-0.4, -0.2) is 17.6 Å². The first-order valence-electron chi connectivity index (χ1n) is 4.97. The van der Waals surface area contributed by atoms with E-state index in [1.54, 1.807) is 18.3 Å². The van der Waals surface area contributed by atoms with Gasteiger partial charge in [-0.15, -0.1) is 0 Å². The first-order chi connectivity index (χ1) is 7.31. The summed E-state index contributed by atoms with van der Waals surface area (Å²) in [6.07, 6.45) is 2.57. The number of esters is 1. The molecule has 0 aliphatic rings. The van der Waals surface area contributed by atoms with Gasteiger partial charge in [-0.05, 0) is 18.6 Å². The minimum atomic E-state index is -0.270. The molecule has 0 spiro atoms. The van der Waals surface area contributed by atoms with E-state index in [9.17, 15) is 4.79 Å². The molecule has 0 aliphatic carbocycles. The quantitative estimate of drug-likeness (QED) is 0.777. The van der Waals surface area contributed by atoms with E-state index in [0.29, 0.717) is 12.2 Å². The molecule has 0 aliphatic heterocycles. The van der Waals surface area contributed by atoms with Gasteiger partial charge in [0.05, 0.1) is 12.2 Å². The van der Waals surface area contributed by atoms with Crippen LogP contribution in [0.3, 0.4) is 0 Å². The van der Waals surface area contributed by atoms with Crippen molar-refractivity contribution < 1.29 is 9.53 Å². The lowest BCUT2D eigenvalue weighted by Gasteiger charge is -2.02. The largest absolute Gasteiger partial charge is 0.462 e. The molecule has 1 aromatic heterocycles. The molecule has 1 aromatic carbocycles. The first kappa shape index (κ1) is 9.77. The summed E-state index contributed by atoms with van der Waals surface area (Å²) in [5.74, 6) is -0.270. The molecule has 3 nitrogen and oxygen atoms in total. The number of ether oxygens (including phenoxy) is 1. The number of aromatic amines is 1. The van der Waals surface area contributed by atoms with Crippen LogP contribution in [0.25, 0.3) is 10.9 Å². The Hall–Kier alpha value is -1.77. The number of hydrogen-bond donors (Lipinski definition) is 1. The summed E-state index contributed by atoms with van der Waals surface area (Å²) in [4.78, 5) is 14.5. The first-order valence-corrected chi connectivity index (χ1v) is 4.97. The molecule has 0 unspecified atom stereocenters. The Balaban J connectivity index is 2.23. The van der Waals surface area contributed by atoms with Crippen LogP contribution >= 0.6 is 0 Å². The smallest absolute Gasteiger partial charge is 0.338 e. The number of benzene rings is 1. The molecule has 0 fully saturated rings. The minimum Gasteiger partial charge on any atom is -0.462 e. The topological polar surface area (TPSA) is 42.1 Å². The van der Waals surface area contributed by atoms with E-state index in [1.165, 1.54) is 0 Å². The highest BCUT2D eigenvalue weighted by Crippen LogP contribution is 2.14. The van der Waals surface area contributed by atoms with Gasteiger partial charge in [-0.1, -0.05) is 13.0 Å². The van der Waals surface area contributed by atoms with Crippen LogP contribution in [-0.2, 0) is 4.74 Å². The van der Waals surface area contributed by atoms with E-state index < -0.39 is 0 Å². The number of fused-ring (bicyclic) bond motifs is 1. The summed E-state index contributed by atoms with van der Waals surface area (Å²) in [5.41, 5.74) is 1.48. The van der Waals surface area contributed by atoms with Gasteiger partial charge in [0, 0.05) is 23.2 Å². The van der Waals surface area contributed by atoms with Gasteiger partial charge in [0.1, 0.15) is 0 Å². The molecule has 1 N–H and O–H groups in total. The van der Waals surface area contributed by atoms with E-state index in [2.05, 4.69) is 11.1 Å². The zero-order chi connectivity index (χ0) is 10.7. The Labute approximate surface area is 88.1 Å². The van der Waals surface area contributed by atoms with Crippen molar-refractivity contribution in [1.29, 1.82) is 0 Å². The third kappa shape index (κ3) is 2.01. The number of rotatable bonds is 3. The summed E-state index contributed by atoms with van der Waals surface area (Å²) in [6, 6.07) is 8.41. The van der Waals surface area contributed by atoms with Crippen LogP contribution < -0.4 is 0 Å². The summed E-state index contributed by atoms with van der Waals surface area (Å²) in [6.45, 7) is 2.43. The summed E-state index contributed by atoms with van der Waals surface area (Å²) >= 11 is 0. The second-order valence-corrected chi connectivity index (χ2v) is 3.33. The zero-order valence-electron chi connectivity index (χ0n) is 8.54. The van der Waals surface area contributed by atoms with E-state index >= 15 is 0 Å². The van der Waals surface area contributed by atoms with E-state index in [-0.39, 0.29) is 5.97 Å². The van der Waals surface area contributed by atoms with Crippen molar-refractivity contribution in [2.75, 3.05) is 6.61 Å². The van der Waals surface area contributed by atoms with Gasteiger partial charge in [0.15, 0.2) is 0 Å². The highest BCUT2D eigenvalue weighted by atomic mass is 16.5. The lowest BCUT2D eigenvalue weighted by molar-refractivity contribution is 0.0505. The standard InChI is InChI=1S/C12H12NO2/c1-2-7-15-12(14)10-4-3-9-5-6-13-11(9)8-10/h3-4,6,8,13H,2,7H2,1H3. The van der Waals surface area contributed by atoms with Crippen LogP contribution in [0.5, 0.6) is 0 Å². The van der Waals surface area contributed by atoms with Crippen molar-refractivity contribution in [3.8, 4) is 0 Å². The molecule has 3 heteroatoms. The van der Waals surface area contributed by atoms with Gasteiger partial charge >= 0.3 is 5.97 Å². The van der Waals surface area contributed by atoms with Crippen molar-refractivity contribution in [3.63, 3.8) is 0 Å². The predicted molar refractivity (Wildman–Crippen MR) is 57.7 cm³/mol. The van der Waals surface area contributed by atoms with Gasteiger partial charge in [0.2, 0.25) is 0 Å². The van der Waals surface area contributed by atoms with Gasteiger partial charge in [-0.3, -0.25) is 0 Å². The Morgan fingerprint density at radius 2 is 2.40 bits per heavy atom. The molecule has 15 heavy (non-hydrogen) atoms. The van der Waals surface area contributed by atoms with Crippen molar-refractivity contribution in [2.24, 2.45) is 0 Å². The maximum absolute atomic E-state index is 11.5. The van der Waals surface area contributed by atoms with Crippen molar-refractivity contribution in [2.45, 2.75) is 13.3 Å². The number of nitrogens with one attached hydrogen (secondary N) is 1. The maximum atomic E-state index is 11.5. The van der Waals surface area contributed by atoms with Crippen LogP contribution in [0, 0.1) is 6.07 Å². The summed E-state index contributed by atoms with van der Waals surface area (Å²) in [7, 11) is 0. The molecule has 1 radical (unpaired) electrons. The average molecular weight is 202 g/mol. The fraction of sp³-hybridized carbons (Fsp3) is 0.250. The number of H-pyrrole nitrogens is 1. The van der Waals surface area contributed by atoms with Gasteiger partial charge in [-0.25, -0.2) is 4.79 Å². The average Bonchev–Trinajstić information content (AvgIpc) is 2.72. The van der Waals surface area contributed by atoms with Gasteiger partial charge in [0.25, 0.3) is 0 Å². The normalized spacial score (nSPS) is 10.5. The zero-order valence-corrected chi connectivity index (χ0v) is 8.54. The Kier molecular flexibility index (Phi) is 2.72. The number of carbonyl (C=O) groups is 1. The maximum Gasteiger partial charge on any atom is 0.338 e. The second-order valence-electron chi connectivity index (χ2n) is 3.33. The molecular weight excluding hydrogens is 190 g/mol. The Bertz CT molecular complexity index is 473. The van der Waals surface area contributed by atoms with Crippen LogP contribution in [0.4, 0.5) is 0 Å². The molecule has 0 saturated heterocycles. The molecule has 77 valence electrons. The number of carbonyl (C=O) groups excluding carboxylic acids is 1. The second kappa shape index (κ2) is 4.17. The van der Waals surface area contributed by atoms with E-state index in [4.69, 9.17) is 4.74 Å². The third-order valence-electron chi connectivity index (χ3n) is 2.15. The number of aromatic nitrogens is 1. The minimum absolute atomic E-state index is 0.270. The van der Waals surface area contributed by atoms with Crippen LogP contribution in [0.15, 0.2) is 24.4 Å². The molecule has 0 amide bonds. The molecule has 2 aromatic rings. The SMILES string of the molecule is CCCOC(=O)c1ccc2[c]c[nH]c2c1. The highest BCUT2D eigenvalue weighted by molar-refractivity contribution is 5.94. The monoisotopic (exact) mass is 202 g/mol. The summed E-state index contributed by atoms with van der Waals surface area (Å²) in [5, 5.41) is 0.974. The van der Waals surface area contributed by atoms with Gasteiger partial charge < -0.3 is 9.72 Å². The van der Waals surface area contributed by atoms with Crippen molar-refractivity contribution in [1.82, 2.24) is 4.98 Å². The molecule has 0 saturated carbocycles. The number of hydrogen-bond acceptors (Lipinski definition) is 2. The predicted octanol–water partition coefficient (Wildman–Crippen LogP) is 2.53. The lowest BCUT2D eigenvalue weighted by Crippen LogP contribution is -2.05. The lowest BCUT2D eigenvalue weighted by atomic mass is 10.2. The van der Waals surface area contributed by atoms with Crippen molar-refractivity contribution >= 4 is 16.9 Å². The molecule has 0 bridgehead atoms. The Morgan fingerprint density at radius 3 is 3.20 bits per heavy atom. The van der Waals surface area contributed by atoms with Gasteiger partial charge in [-0.2, -0.15) is 0 Å². The fourth-order valence-corrected chi connectivity index (χ4v) is 1.39. The van der Waals surface area contributed by atoms with Crippen molar-refractivity contribution in [3.05, 3.63) is 36.0 Å². The van der Waals surface area contributed by atoms with Crippen LogP contribution in [0.1, 0.15) is 23.7 Å². The summed E-state index contributed by atoms with van der Waals surface area (Å²) < 4.78 is 5.04. The molecule has 1 heterocycles. The molecule has 2 rings (SSSR count). The molecule has 0 atom stereocenters. The van der Waals surface area contributed by atoms with E-state index in [0.717, 1.165) is 17.3 Å². The third-order valence-corrected chi connectivity index (χ3v) is 2.15. The Morgan fingerprint density at radius 1 is 1.53 bits per heavy atom. The van der Waals surface area contributed by atoms with Crippen LogP contribution in [0.2, 0.25) is 0 Å². The fourth-order valence-electron chi connectivity index (χ4n) is 1.39.